The number of carboxylic acid groups (broad SMARTS) is 1. The average Bonchev–Trinajstić information content (AvgIpc) is 2.74. The van der Waals surface area contributed by atoms with Crippen LogP contribution in [0.4, 0.5) is 0 Å². The highest BCUT2D eigenvalue weighted by atomic mass is 32.2. The van der Waals surface area contributed by atoms with Crippen molar-refractivity contribution in [2.45, 2.75) is 44.0 Å². The Balaban J connectivity index is 1.89. The predicted molar refractivity (Wildman–Crippen MR) is 79.6 cm³/mol. The lowest BCUT2D eigenvalue weighted by atomic mass is 9.72. The van der Waals surface area contributed by atoms with E-state index in [2.05, 4.69) is 13.8 Å². The molecule has 5 nitrogen and oxygen atoms in total. The first-order valence-corrected chi connectivity index (χ1v) is 8.96. The molecule has 0 aromatic heterocycles. The fourth-order valence-corrected chi connectivity index (χ4v) is 5.72. The van der Waals surface area contributed by atoms with Crippen LogP contribution in [0.1, 0.15) is 43.5 Å². The van der Waals surface area contributed by atoms with Crippen LogP contribution in [0, 0.1) is 11.3 Å². The van der Waals surface area contributed by atoms with Gasteiger partial charge in [-0.2, -0.15) is 4.31 Å². The number of sulfonamides is 1. The van der Waals surface area contributed by atoms with Gasteiger partial charge in [-0.3, -0.25) is 0 Å². The molecular weight excluding hydrogens is 302 g/mol. The Labute approximate surface area is 131 Å². The minimum Gasteiger partial charge on any atom is -0.545 e. The van der Waals surface area contributed by atoms with Gasteiger partial charge in [-0.15, -0.1) is 0 Å². The minimum atomic E-state index is -3.57. The molecule has 1 aliphatic carbocycles. The average molecular weight is 322 g/mol. The lowest BCUT2D eigenvalue weighted by molar-refractivity contribution is -0.255. The van der Waals surface area contributed by atoms with Gasteiger partial charge in [-0.25, -0.2) is 8.42 Å². The molecule has 0 amide bonds. The Kier molecular flexibility index (Phi) is 3.57. The standard InChI is InChI=1S/C16H21NO4S/c1-16(2)8-11-7-13(9-16)17(10-11)22(20,21)14-5-3-12(4-6-14)15(18)19/h3-6,11,13H,7-10H2,1-2H3,(H,18,19)/p-1/t11-,13+/m1/s1. The molecular formula is C16H20NO4S-. The van der Waals surface area contributed by atoms with Crippen molar-refractivity contribution < 1.29 is 18.3 Å². The van der Waals surface area contributed by atoms with Gasteiger partial charge in [0.2, 0.25) is 10.0 Å². The van der Waals surface area contributed by atoms with E-state index in [1.807, 2.05) is 0 Å². The zero-order valence-electron chi connectivity index (χ0n) is 12.8. The monoisotopic (exact) mass is 322 g/mol. The number of carbonyl (C=O) groups excluding carboxylic acids is 1. The van der Waals surface area contributed by atoms with E-state index in [0.29, 0.717) is 12.5 Å². The van der Waals surface area contributed by atoms with Gasteiger partial charge in [0.15, 0.2) is 0 Å². The molecule has 0 spiro atoms. The molecule has 3 rings (SSSR count). The number of nitrogens with zero attached hydrogens (tertiary/aromatic N) is 1. The number of aromatic carboxylic acids is 1. The van der Waals surface area contributed by atoms with Gasteiger partial charge in [-0.05, 0) is 48.3 Å². The summed E-state index contributed by atoms with van der Waals surface area (Å²) in [5.74, 6) is -0.881. The molecule has 1 aromatic carbocycles. The van der Waals surface area contributed by atoms with Crippen molar-refractivity contribution in [2.75, 3.05) is 6.54 Å². The van der Waals surface area contributed by atoms with Crippen LogP contribution in [0.15, 0.2) is 29.2 Å². The van der Waals surface area contributed by atoms with Gasteiger partial charge < -0.3 is 9.90 Å². The van der Waals surface area contributed by atoms with E-state index in [0.717, 1.165) is 19.3 Å². The Morgan fingerprint density at radius 2 is 1.86 bits per heavy atom. The molecule has 1 saturated carbocycles. The third kappa shape index (κ3) is 2.65. The lowest BCUT2D eigenvalue weighted by Crippen LogP contribution is -2.37. The number of carboxylic acids is 1. The number of rotatable bonds is 3. The van der Waals surface area contributed by atoms with E-state index >= 15 is 0 Å². The largest absolute Gasteiger partial charge is 0.545 e. The summed E-state index contributed by atoms with van der Waals surface area (Å²) in [6.07, 6.45) is 2.86. The van der Waals surface area contributed by atoms with Crippen molar-refractivity contribution in [3.63, 3.8) is 0 Å². The zero-order chi connectivity index (χ0) is 16.1. The second kappa shape index (κ2) is 5.06. The van der Waals surface area contributed by atoms with Crippen molar-refractivity contribution in [3.05, 3.63) is 29.8 Å². The summed E-state index contributed by atoms with van der Waals surface area (Å²) >= 11 is 0. The maximum atomic E-state index is 12.8. The number of hydrogen-bond donors (Lipinski definition) is 0. The summed E-state index contributed by atoms with van der Waals surface area (Å²) in [6, 6.07) is 5.34. The van der Waals surface area contributed by atoms with E-state index in [-0.39, 0.29) is 21.9 Å². The minimum absolute atomic E-state index is 0.0137. The second-order valence-electron chi connectivity index (χ2n) is 7.21. The molecule has 1 heterocycles. The molecule has 2 bridgehead atoms. The van der Waals surface area contributed by atoms with Crippen molar-refractivity contribution >= 4 is 16.0 Å². The Morgan fingerprint density at radius 1 is 1.23 bits per heavy atom. The van der Waals surface area contributed by atoms with Crippen LogP contribution in [-0.2, 0) is 10.0 Å². The second-order valence-corrected chi connectivity index (χ2v) is 9.11. The van der Waals surface area contributed by atoms with Gasteiger partial charge >= 0.3 is 0 Å². The quantitative estimate of drug-likeness (QED) is 0.839. The summed E-state index contributed by atoms with van der Waals surface area (Å²) in [5, 5.41) is 10.8. The van der Waals surface area contributed by atoms with E-state index in [1.165, 1.54) is 24.3 Å². The zero-order valence-corrected chi connectivity index (χ0v) is 13.6. The van der Waals surface area contributed by atoms with E-state index in [9.17, 15) is 18.3 Å². The fraction of sp³-hybridized carbons (Fsp3) is 0.562. The molecule has 0 N–H and O–H groups in total. The lowest BCUT2D eigenvalue weighted by Gasteiger charge is -2.34. The molecule has 2 atom stereocenters. The van der Waals surface area contributed by atoms with E-state index < -0.39 is 16.0 Å². The molecule has 6 heteroatoms. The first-order chi connectivity index (χ1) is 10.2. The van der Waals surface area contributed by atoms with E-state index in [4.69, 9.17) is 0 Å². The van der Waals surface area contributed by atoms with Gasteiger partial charge in [-0.1, -0.05) is 26.0 Å². The van der Waals surface area contributed by atoms with E-state index in [1.54, 1.807) is 4.31 Å². The maximum absolute atomic E-state index is 12.8. The Morgan fingerprint density at radius 3 is 2.45 bits per heavy atom. The maximum Gasteiger partial charge on any atom is 0.243 e. The molecule has 0 unspecified atom stereocenters. The molecule has 22 heavy (non-hydrogen) atoms. The number of hydrogen-bond acceptors (Lipinski definition) is 4. The van der Waals surface area contributed by atoms with Crippen LogP contribution in [0.3, 0.4) is 0 Å². The summed E-state index contributed by atoms with van der Waals surface area (Å²) in [5.41, 5.74) is 0.164. The highest BCUT2D eigenvalue weighted by molar-refractivity contribution is 7.89. The molecule has 2 aliphatic rings. The van der Waals surface area contributed by atoms with Crippen molar-refractivity contribution in [2.24, 2.45) is 11.3 Å². The van der Waals surface area contributed by atoms with Crippen LogP contribution in [0.2, 0.25) is 0 Å². The normalized spacial score (nSPS) is 27.7. The topological polar surface area (TPSA) is 77.5 Å². The van der Waals surface area contributed by atoms with Crippen LogP contribution >= 0.6 is 0 Å². The van der Waals surface area contributed by atoms with Crippen LogP contribution in [0.5, 0.6) is 0 Å². The third-order valence-electron chi connectivity index (χ3n) is 4.78. The SMILES string of the molecule is CC1(C)C[C@H]2C[C@@H](C1)N(S(=O)(=O)c1ccc(C(=O)[O-])cc1)C2. The predicted octanol–water partition coefficient (Wildman–Crippen LogP) is 1.25. The highest BCUT2D eigenvalue weighted by Crippen LogP contribution is 2.46. The third-order valence-corrected chi connectivity index (χ3v) is 6.71. The van der Waals surface area contributed by atoms with Gasteiger partial charge in [0.1, 0.15) is 0 Å². The molecule has 1 saturated heterocycles. The van der Waals surface area contributed by atoms with Crippen LogP contribution in [-0.4, -0.2) is 31.3 Å². The van der Waals surface area contributed by atoms with Crippen LogP contribution in [0.25, 0.3) is 0 Å². The molecule has 0 radical (unpaired) electrons. The van der Waals surface area contributed by atoms with Crippen molar-refractivity contribution in [3.8, 4) is 0 Å². The Hall–Kier alpha value is -1.40. The highest BCUT2D eigenvalue weighted by Gasteiger charge is 2.47. The van der Waals surface area contributed by atoms with Crippen molar-refractivity contribution in [1.82, 2.24) is 4.31 Å². The molecule has 1 aromatic rings. The number of benzene rings is 1. The first-order valence-electron chi connectivity index (χ1n) is 7.52. The summed E-state index contributed by atoms with van der Waals surface area (Å²) < 4.78 is 27.3. The fourth-order valence-electron chi connectivity index (χ4n) is 4.01. The summed E-state index contributed by atoms with van der Waals surface area (Å²) in [4.78, 5) is 10.9. The number of fused-ring (bicyclic) bond motifs is 2. The first kappa shape index (κ1) is 15.5. The Bertz CT molecular complexity index is 693. The summed E-state index contributed by atoms with van der Waals surface area (Å²) in [6.45, 7) is 4.95. The summed E-state index contributed by atoms with van der Waals surface area (Å²) in [7, 11) is -3.57. The molecule has 2 fully saturated rings. The van der Waals surface area contributed by atoms with Gasteiger partial charge in [0.25, 0.3) is 0 Å². The molecule has 1 aliphatic heterocycles. The van der Waals surface area contributed by atoms with Crippen LogP contribution < -0.4 is 5.11 Å². The number of carbonyl (C=O) groups is 1. The molecule has 120 valence electrons. The van der Waals surface area contributed by atoms with Gasteiger partial charge in [0.05, 0.1) is 10.9 Å². The smallest absolute Gasteiger partial charge is 0.243 e. The van der Waals surface area contributed by atoms with Gasteiger partial charge in [0, 0.05) is 12.6 Å². The van der Waals surface area contributed by atoms with Crippen molar-refractivity contribution in [1.29, 1.82) is 0 Å².